The van der Waals surface area contributed by atoms with Crippen molar-refractivity contribution >= 4 is 22.6 Å². The topological polar surface area (TPSA) is 55.3 Å². The van der Waals surface area contributed by atoms with E-state index in [1.54, 1.807) is 6.92 Å². The molecule has 0 N–H and O–H groups in total. The Morgan fingerprint density at radius 3 is 2.81 bits per heavy atom. The van der Waals surface area contributed by atoms with Crippen LogP contribution in [-0.2, 0) is 16.0 Å². The number of carbonyl (C=O) groups excluding carboxylic acids is 1. The number of aromatic nitrogens is 2. The normalized spacial score (nSPS) is 10.2. The standard InChI is InChI=1S/C10H17N3O2S/c1-4-8-11-10(16-12-8)13(3)7-6-9(14)15-5-2/h4-7H2,1-3H3. The number of carbonyl (C=O) groups is 1. The van der Waals surface area contributed by atoms with E-state index in [9.17, 15) is 4.79 Å². The van der Waals surface area contributed by atoms with Gasteiger partial charge in [-0.15, -0.1) is 0 Å². The molecule has 90 valence electrons. The average Bonchev–Trinajstić information content (AvgIpc) is 2.75. The van der Waals surface area contributed by atoms with Gasteiger partial charge in [0.2, 0.25) is 5.13 Å². The lowest BCUT2D eigenvalue weighted by Gasteiger charge is -2.13. The van der Waals surface area contributed by atoms with Crippen LogP contribution in [0.25, 0.3) is 0 Å². The van der Waals surface area contributed by atoms with Crippen molar-refractivity contribution in [2.75, 3.05) is 25.1 Å². The number of nitrogens with zero attached hydrogens (tertiary/aromatic N) is 3. The molecule has 0 amide bonds. The summed E-state index contributed by atoms with van der Waals surface area (Å²) < 4.78 is 9.05. The van der Waals surface area contributed by atoms with Gasteiger partial charge in [-0.25, -0.2) is 4.98 Å². The minimum absolute atomic E-state index is 0.172. The van der Waals surface area contributed by atoms with Gasteiger partial charge < -0.3 is 9.64 Å². The number of aryl methyl sites for hydroxylation is 1. The SMILES string of the molecule is CCOC(=O)CCN(C)c1nc(CC)ns1. The van der Waals surface area contributed by atoms with Crippen LogP contribution < -0.4 is 4.90 Å². The fourth-order valence-electron chi connectivity index (χ4n) is 1.13. The number of hydrogen-bond acceptors (Lipinski definition) is 6. The van der Waals surface area contributed by atoms with Crippen LogP contribution in [0.1, 0.15) is 26.1 Å². The number of anilines is 1. The van der Waals surface area contributed by atoms with Crippen LogP contribution >= 0.6 is 11.5 Å². The van der Waals surface area contributed by atoms with Crippen LogP contribution in [0.2, 0.25) is 0 Å². The summed E-state index contributed by atoms with van der Waals surface area (Å²) in [7, 11) is 1.90. The van der Waals surface area contributed by atoms with Gasteiger partial charge in [0.05, 0.1) is 13.0 Å². The molecule has 0 fully saturated rings. The van der Waals surface area contributed by atoms with Crippen LogP contribution in [0.3, 0.4) is 0 Å². The quantitative estimate of drug-likeness (QED) is 0.708. The smallest absolute Gasteiger partial charge is 0.307 e. The van der Waals surface area contributed by atoms with Crippen LogP contribution in [0.15, 0.2) is 0 Å². The van der Waals surface area contributed by atoms with Crippen LogP contribution in [0.4, 0.5) is 5.13 Å². The second-order valence-electron chi connectivity index (χ2n) is 3.32. The maximum atomic E-state index is 11.2. The molecule has 0 aliphatic rings. The third-order valence-electron chi connectivity index (χ3n) is 2.06. The van der Waals surface area contributed by atoms with Crippen molar-refractivity contribution in [3.8, 4) is 0 Å². The van der Waals surface area contributed by atoms with Crippen molar-refractivity contribution < 1.29 is 9.53 Å². The van der Waals surface area contributed by atoms with E-state index < -0.39 is 0 Å². The molecule has 0 saturated carbocycles. The first-order valence-corrected chi connectivity index (χ1v) is 6.14. The van der Waals surface area contributed by atoms with Gasteiger partial charge in [0, 0.05) is 31.5 Å². The molecular formula is C10H17N3O2S. The number of ether oxygens (including phenoxy) is 1. The molecular weight excluding hydrogens is 226 g/mol. The zero-order valence-corrected chi connectivity index (χ0v) is 10.7. The van der Waals surface area contributed by atoms with Crippen LogP contribution in [-0.4, -0.2) is 35.5 Å². The summed E-state index contributed by atoms with van der Waals surface area (Å²) in [6, 6.07) is 0. The Bertz CT molecular complexity index is 341. The van der Waals surface area contributed by atoms with E-state index >= 15 is 0 Å². The molecule has 0 unspecified atom stereocenters. The first-order chi connectivity index (χ1) is 7.67. The van der Waals surface area contributed by atoms with Crippen LogP contribution in [0.5, 0.6) is 0 Å². The van der Waals surface area contributed by atoms with Gasteiger partial charge >= 0.3 is 5.97 Å². The number of rotatable bonds is 6. The largest absolute Gasteiger partial charge is 0.466 e. The lowest BCUT2D eigenvalue weighted by Crippen LogP contribution is -2.21. The van der Waals surface area contributed by atoms with Crippen LogP contribution in [0, 0.1) is 0 Å². The van der Waals surface area contributed by atoms with Gasteiger partial charge in [0.15, 0.2) is 0 Å². The predicted octanol–water partition coefficient (Wildman–Crippen LogP) is 1.49. The predicted molar refractivity (Wildman–Crippen MR) is 63.8 cm³/mol. The summed E-state index contributed by atoms with van der Waals surface area (Å²) in [5, 5.41) is 0.848. The Morgan fingerprint density at radius 2 is 2.25 bits per heavy atom. The summed E-state index contributed by atoms with van der Waals surface area (Å²) in [5.74, 6) is 0.678. The van der Waals surface area contributed by atoms with E-state index in [1.807, 2.05) is 18.9 Å². The highest BCUT2D eigenvalue weighted by atomic mass is 32.1. The highest BCUT2D eigenvalue weighted by Crippen LogP contribution is 2.15. The lowest BCUT2D eigenvalue weighted by molar-refractivity contribution is -0.142. The van der Waals surface area contributed by atoms with E-state index in [4.69, 9.17) is 4.74 Å². The molecule has 0 atom stereocenters. The second kappa shape index (κ2) is 6.42. The van der Waals surface area contributed by atoms with E-state index in [0.29, 0.717) is 19.6 Å². The van der Waals surface area contributed by atoms with Crippen molar-refractivity contribution in [1.82, 2.24) is 9.36 Å². The highest BCUT2D eigenvalue weighted by Gasteiger charge is 2.09. The molecule has 1 aromatic rings. The third-order valence-corrected chi connectivity index (χ3v) is 2.93. The van der Waals surface area contributed by atoms with Gasteiger partial charge in [-0.3, -0.25) is 4.79 Å². The summed E-state index contributed by atoms with van der Waals surface area (Å²) in [5.41, 5.74) is 0. The van der Waals surface area contributed by atoms with E-state index in [0.717, 1.165) is 17.4 Å². The molecule has 16 heavy (non-hydrogen) atoms. The molecule has 0 radical (unpaired) electrons. The first-order valence-electron chi connectivity index (χ1n) is 5.36. The maximum absolute atomic E-state index is 11.2. The summed E-state index contributed by atoms with van der Waals surface area (Å²) in [6.07, 6.45) is 1.22. The molecule has 6 heteroatoms. The number of esters is 1. The van der Waals surface area contributed by atoms with Gasteiger partial charge in [0.1, 0.15) is 5.82 Å². The van der Waals surface area contributed by atoms with Gasteiger partial charge in [-0.2, -0.15) is 4.37 Å². The molecule has 1 heterocycles. The van der Waals surface area contributed by atoms with Crippen molar-refractivity contribution in [3.05, 3.63) is 5.82 Å². The zero-order valence-electron chi connectivity index (χ0n) is 9.89. The Hall–Kier alpha value is -1.17. The Kier molecular flexibility index (Phi) is 5.18. The van der Waals surface area contributed by atoms with Crippen molar-refractivity contribution in [1.29, 1.82) is 0 Å². The third kappa shape index (κ3) is 3.77. The molecule has 0 aliphatic carbocycles. The Morgan fingerprint density at radius 1 is 1.50 bits per heavy atom. The van der Waals surface area contributed by atoms with Crippen molar-refractivity contribution in [2.45, 2.75) is 26.7 Å². The fraction of sp³-hybridized carbons (Fsp3) is 0.700. The zero-order chi connectivity index (χ0) is 12.0. The monoisotopic (exact) mass is 243 g/mol. The van der Waals surface area contributed by atoms with Gasteiger partial charge in [0.25, 0.3) is 0 Å². The second-order valence-corrected chi connectivity index (χ2v) is 4.05. The number of hydrogen-bond donors (Lipinski definition) is 0. The van der Waals surface area contributed by atoms with E-state index in [2.05, 4.69) is 9.36 Å². The summed E-state index contributed by atoms with van der Waals surface area (Å²) in [4.78, 5) is 17.4. The first kappa shape index (κ1) is 12.9. The van der Waals surface area contributed by atoms with E-state index in [-0.39, 0.29) is 5.97 Å². The fourth-order valence-corrected chi connectivity index (χ4v) is 1.87. The lowest BCUT2D eigenvalue weighted by atomic mass is 10.4. The van der Waals surface area contributed by atoms with Gasteiger partial charge in [-0.1, -0.05) is 6.92 Å². The molecule has 0 bridgehead atoms. The van der Waals surface area contributed by atoms with Crippen molar-refractivity contribution in [2.24, 2.45) is 0 Å². The summed E-state index contributed by atoms with van der Waals surface area (Å²) >= 11 is 1.36. The minimum Gasteiger partial charge on any atom is -0.466 e. The highest BCUT2D eigenvalue weighted by molar-refractivity contribution is 7.09. The molecule has 1 rings (SSSR count). The Labute approximate surface area is 99.6 Å². The van der Waals surface area contributed by atoms with Crippen molar-refractivity contribution in [3.63, 3.8) is 0 Å². The molecule has 5 nitrogen and oxygen atoms in total. The Balaban J connectivity index is 2.40. The molecule has 0 spiro atoms. The molecule has 0 aliphatic heterocycles. The average molecular weight is 243 g/mol. The van der Waals surface area contributed by atoms with E-state index in [1.165, 1.54) is 11.5 Å². The van der Waals surface area contributed by atoms with Gasteiger partial charge in [-0.05, 0) is 6.92 Å². The maximum Gasteiger partial charge on any atom is 0.307 e. The minimum atomic E-state index is -0.172. The molecule has 0 saturated heterocycles. The summed E-state index contributed by atoms with van der Waals surface area (Å²) in [6.45, 7) is 4.86. The molecule has 1 aromatic heterocycles. The molecule has 0 aromatic carbocycles.